The average Bonchev–Trinajstić information content (AvgIpc) is 3.05. The van der Waals surface area contributed by atoms with Gasteiger partial charge in [-0.1, -0.05) is 0 Å². The lowest BCUT2D eigenvalue weighted by atomic mass is 10.3. The van der Waals surface area contributed by atoms with Crippen molar-refractivity contribution in [1.29, 1.82) is 0 Å². The number of aryl methyl sites for hydroxylation is 5. The number of hydrogen-bond acceptors (Lipinski definition) is 4. The third-order valence-corrected chi connectivity index (χ3v) is 3.90. The molecule has 0 aliphatic carbocycles. The molecule has 1 amide bonds. The van der Waals surface area contributed by atoms with E-state index < -0.39 is 0 Å². The molecule has 0 unspecified atom stereocenters. The molecule has 3 aromatic heterocycles. The fraction of sp³-hybridized carbons (Fsp3) is 0.412. The number of fused-ring (bicyclic) bond motifs is 1. The SMILES string of the molecule is Cc1cc(C)n(CCCNC(=O)c2cc(C)n3nc(C)cc3n2)n1. The van der Waals surface area contributed by atoms with Crippen molar-refractivity contribution in [3.8, 4) is 0 Å². The molecule has 126 valence electrons. The van der Waals surface area contributed by atoms with Crippen LogP contribution in [-0.2, 0) is 6.54 Å². The lowest BCUT2D eigenvalue weighted by Crippen LogP contribution is -2.26. The van der Waals surface area contributed by atoms with E-state index in [1.54, 1.807) is 10.6 Å². The molecule has 0 aliphatic heterocycles. The second-order valence-electron chi connectivity index (χ2n) is 6.10. The van der Waals surface area contributed by atoms with Crippen molar-refractivity contribution >= 4 is 11.6 Å². The first kappa shape index (κ1) is 16.2. The van der Waals surface area contributed by atoms with Crippen LogP contribution in [0.25, 0.3) is 5.65 Å². The number of carbonyl (C=O) groups is 1. The third-order valence-electron chi connectivity index (χ3n) is 3.90. The van der Waals surface area contributed by atoms with Crippen LogP contribution in [0.15, 0.2) is 18.2 Å². The molecule has 0 saturated carbocycles. The van der Waals surface area contributed by atoms with Crippen molar-refractivity contribution in [2.24, 2.45) is 0 Å². The molecular weight excluding hydrogens is 304 g/mol. The average molecular weight is 326 g/mol. The Balaban J connectivity index is 1.60. The molecule has 0 spiro atoms. The van der Waals surface area contributed by atoms with Crippen molar-refractivity contribution in [3.05, 3.63) is 46.7 Å². The lowest BCUT2D eigenvalue weighted by molar-refractivity contribution is 0.0947. The maximum Gasteiger partial charge on any atom is 0.270 e. The number of amides is 1. The van der Waals surface area contributed by atoms with Crippen LogP contribution in [0, 0.1) is 27.7 Å². The largest absolute Gasteiger partial charge is 0.351 e. The molecule has 3 heterocycles. The summed E-state index contributed by atoms with van der Waals surface area (Å²) in [5.41, 5.74) is 5.04. The van der Waals surface area contributed by atoms with E-state index in [2.05, 4.69) is 20.5 Å². The highest BCUT2D eigenvalue weighted by molar-refractivity contribution is 5.92. The number of nitrogens with one attached hydrogen (secondary N) is 1. The topological polar surface area (TPSA) is 77.1 Å². The zero-order chi connectivity index (χ0) is 17.3. The van der Waals surface area contributed by atoms with Crippen molar-refractivity contribution in [2.75, 3.05) is 6.54 Å². The molecule has 24 heavy (non-hydrogen) atoms. The maximum absolute atomic E-state index is 12.3. The van der Waals surface area contributed by atoms with Crippen LogP contribution in [0.2, 0.25) is 0 Å². The van der Waals surface area contributed by atoms with Gasteiger partial charge in [0.2, 0.25) is 0 Å². The standard InChI is InChI=1S/C17H22N6O/c1-11-8-13(3)22(20-11)7-5-6-18-17(24)15-10-14(4)23-16(19-15)9-12(2)21-23/h8-10H,5-7H2,1-4H3,(H,18,24). The molecule has 7 heteroatoms. The van der Waals surface area contributed by atoms with E-state index in [0.29, 0.717) is 17.9 Å². The van der Waals surface area contributed by atoms with Crippen LogP contribution in [0.4, 0.5) is 0 Å². The minimum absolute atomic E-state index is 0.159. The third kappa shape index (κ3) is 3.29. The molecular formula is C17H22N6O. The zero-order valence-electron chi connectivity index (χ0n) is 14.5. The van der Waals surface area contributed by atoms with Crippen LogP contribution in [0.3, 0.4) is 0 Å². The summed E-state index contributed by atoms with van der Waals surface area (Å²) < 4.78 is 3.71. The first-order valence-electron chi connectivity index (χ1n) is 8.07. The van der Waals surface area contributed by atoms with Crippen LogP contribution < -0.4 is 5.32 Å². The van der Waals surface area contributed by atoms with Gasteiger partial charge in [-0.25, -0.2) is 9.50 Å². The summed E-state index contributed by atoms with van der Waals surface area (Å²) in [7, 11) is 0. The van der Waals surface area contributed by atoms with E-state index in [1.165, 1.54) is 0 Å². The first-order valence-corrected chi connectivity index (χ1v) is 8.07. The summed E-state index contributed by atoms with van der Waals surface area (Å²) in [4.78, 5) is 16.7. The molecule has 1 N–H and O–H groups in total. The smallest absolute Gasteiger partial charge is 0.270 e. The Morgan fingerprint density at radius 2 is 1.79 bits per heavy atom. The summed E-state index contributed by atoms with van der Waals surface area (Å²) in [6.45, 7) is 9.21. The van der Waals surface area contributed by atoms with Crippen molar-refractivity contribution in [2.45, 2.75) is 40.7 Å². The molecule has 0 aliphatic rings. The van der Waals surface area contributed by atoms with Gasteiger partial charge in [-0.2, -0.15) is 10.2 Å². The summed E-state index contributed by atoms with van der Waals surface area (Å²) in [5.74, 6) is -0.159. The number of rotatable bonds is 5. The molecule has 0 fully saturated rings. The fourth-order valence-electron chi connectivity index (χ4n) is 2.78. The van der Waals surface area contributed by atoms with E-state index in [4.69, 9.17) is 0 Å². The summed E-state index contributed by atoms with van der Waals surface area (Å²) >= 11 is 0. The quantitative estimate of drug-likeness (QED) is 0.727. The van der Waals surface area contributed by atoms with Gasteiger partial charge in [-0.3, -0.25) is 9.48 Å². The Bertz CT molecular complexity index is 892. The highest BCUT2D eigenvalue weighted by Crippen LogP contribution is 2.09. The Hall–Kier alpha value is -2.70. The summed E-state index contributed by atoms with van der Waals surface area (Å²) in [5, 5.41) is 11.7. The second kappa shape index (κ2) is 6.43. The van der Waals surface area contributed by atoms with E-state index in [1.807, 2.05) is 44.5 Å². The van der Waals surface area contributed by atoms with E-state index in [0.717, 1.165) is 35.7 Å². The van der Waals surface area contributed by atoms with E-state index >= 15 is 0 Å². The van der Waals surface area contributed by atoms with Gasteiger partial charge in [0.25, 0.3) is 5.91 Å². The predicted octanol–water partition coefficient (Wildman–Crippen LogP) is 1.98. The van der Waals surface area contributed by atoms with Gasteiger partial charge in [-0.15, -0.1) is 0 Å². The van der Waals surface area contributed by atoms with Gasteiger partial charge < -0.3 is 5.32 Å². The van der Waals surface area contributed by atoms with Crippen LogP contribution >= 0.6 is 0 Å². The van der Waals surface area contributed by atoms with Crippen molar-refractivity contribution in [3.63, 3.8) is 0 Å². The Kier molecular flexibility index (Phi) is 4.33. The molecule has 0 bridgehead atoms. The predicted molar refractivity (Wildman–Crippen MR) is 91.1 cm³/mol. The molecule has 7 nitrogen and oxygen atoms in total. The van der Waals surface area contributed by atoms with E-state index in [-0.39, 0.29) is 5.91 Å². The van der Waals surface area contributed by atoms with Crippen LogP contribution in [0.5, 0.6) is 0 Å². The van der Waals surface area contributed by atoms with Gasteiger partial charge in [0.15, 0.2) is 5.65 Å². The molecule has 0 aromatic carbocycles. The van der Waals surface area contributed by atoms with Crippen LogP contribution in [-0.4, -0.2) is 36.8 Å². The minimum Gasteiger partial charge on any atom is -0.351 e. The maximum atomic E-state index is 12.3. The van der Waals surface area contributed by atoms with Gasteiger partial charge in [-0.05, 0) is 46.2 Å². The monoisotopic (exact) mass is 326 g/mol. The van der Waals surface area contributed by atoms with Crippen molar-refractivity contribution in [1.82, 2.24) is 29.7 Å². The Morgan fingerprint density at radius 1 is 1.04 bits per heavy atom. The summed E-state index contributed by atoms with van der Waals surface area (Å²) in [6, 6.07) is 5.68. The lowest BCUT2D eigenvalue weighted by Gasteiger charge is -2.07. The first-order chi connectivity index (χ1) is 11.4. The molecule has 0 atom stereocenters. The number of hydrogen-bond donors (Lipinski definition) is 1. The van der Waals surface area contributed by atoms with E-state index in [9.17, 15) is 4.79 Å². The highest BCUT2D eigenvalue weighted by Gasteiger charge is 2.11. The Labute approximate surface area is 140 Å². The van der Waals surface area contributed by atoms with Gasteiger partial charge >= 0.3 is 0 Å². The Morgan fingerprint density at radius 3 is 2.50 bits per heavy atom. The number of nitrogens with zero attached hydrogens (tertiary/aromatic N) is 5. The minimum atomic E-state index is -0.159. The summed E-state index contributed by atoms with van der Waals surface area (Å²) in [6.07, 6.45) is 0.820. The molecule has 0 saturated heterocycles. The highest BCUT2D eigenvalue weighted by atomic mass is 16.1. The zero-order valence-corrected chi connectivity index (χ0v) is 14.5. The van der Waals surface area contributed by atoms with Gasteiger partial charge in [0, 0.05) is 30.5 Å². The normalized spacial score (nSPS) is 11.2. The number of aromatic nitrogens is 5. The van der Waals surface area contributed by atoms with Gasteiger partial charge in [0.05, 0.1) is 11.4 Å². The molecule has 3 rings (SSSR count). The molecule has 3 aromatic rings. The second-order valence-corrected chi connectivity index (χ2v) is 6.10. The molecule has 0 radical (unpaired) electrons. The van der Waals surface area contributed by atoms with Crippen LogP contribution in [0.1, 0.15) is 39.7 Å². The fourth-order valence-corrected chi connectivity index (χ4v) is 2.78. The van der Waals surface area contributed by atoms with Crippen molar-refractivity contribution < 1.29 is 4.79 Å². The van der Waals surface area contributed by atoms with Gasteiger partial charge in [0.1, 0.15) is 5.69 Å². The number of carbonyl (C=O) groups excluding carboxylic acids is 1.